The Bertz CT molecular complexity index is 607. The minimum absolute atomic E-state index is 0.131. The highest BCUT2D eigenvalue weighted by atomic mass is 35.5. The average molecular weight is 269 g/mol. The second-order valence-electron chi connectivity index (χ2n) is 3.19. The Hall–Kier alpha value is -2.21. The Balaban J connectivity index is 2.34. The zero-order valence-corrected chi connectivity index (χ0v) is 9.56. The molecule has 0 aliphatic rings. The summed E-state index contributed by atoms with van der Waals surface area (Å²) >= 11 is 5.58. The number of hydrogen-bond donors (Lipinski definition) is 1. The van der Waals surface area contributed by atoms with Gasteiger partial charge in [0, 0.05) is 18.5 Å². The molecule has 0 spiro atoms. The highest BCUT2D eigenvalue weighted by molar-refractivity contribution is 6.30. The van der Waals surface area contributed by atoms with Crippen molar-refractivity contribution in [2.24, 2.45) is 0 Å². The fourth-order valence-corrected chi connectivity index (χ4v) is 1.37. The molecule has 1 heterocycles. The zero-order chi connectivity index (χ0) is 13.1. The van der Waals surface area contributed by atoms with Crippen LogP contribution in [-0.2, 0) is 0 Å². The molecule has 0 atom stereocenters. The molecule has 2 aromatic rings. The van der Waals surface area contributed by atoms with Gasteiger partial charge in [0.25, 0.3) is 5.88 Å². The molecule has 0 amide bonds. The van der Waals surface area contributed by atoms with Crippen LogP contribution in [0.5, 0.6) is 11.6 Å². The first-order valence-electron chi connectivity index (χ1n) is 4.75. The van der Waals surface area contributed by atoms with Crippen LogP contribution in [0.4, 0.5) is 4.39 Å². The number of rotatable bonds is 3. The molecule has 0 fully saturated rings. The first-order chi connectivity index (χ1) is 8.58. The molecule has 0 aliphatic heterocycles. The van der Waals surface area contributed by atoms with Gasteiger partial charge in [-0.3, -0.25) is 0 Å². The van der Waals surface area contributed by atoms with E-state index >= 15 is 0 Å². The van der Waals surface area contributed by atoms with Gasteiger partial charge in [0.15, 0.2) is 0 Å². The lowest BCUT2D eigenvalue weighted by Gasteiger charge is -2.06. The van der Waals surface area contributed by atoms with Gasteiger partial charge in [-0.1, -0.05) is 11.6 Å². The van der Waals surface area contributed by atoms with Gasteiger partial charge in [-0.2, -0.15) is 0 Å². The topological polar surface area (TPSA) is 72.3 Å². The van der Waals surface area contributed by atoms with Crippen molar-refractivity contribution in [1.82, 2.24) is 9.97 Å². The van der Waals surface area contributed by atoms with E-state index < -0.39 is 11.8 Å². The van der Waals surface area contributed by atoms with E-state index in [0.717, 1.165) is 6.07 Å². The summed E-state index contributed by atoms with van der Waals surface area (Å²) in [6.07, 6.45) is 2.51. The van der Waals surface area contributed by atoms with Gasteiger partial charge in [0.2, 0.25) is 5.69 Å². The van der Waals surface area contributed by atoms with E-state index in [1.54, 1.807) is 0 Å². The van der Waals surface area contributed by atoms with Gasteiger partial charge in [-0.05, 0) is 12.1 Å². The molecule has 0 unspecified atom stereocenters. The van der Waals surface area contributed by atoms with Crippen molar-refractivity contribution in [2.75, 3.05) is 0 Å². The summed E-state index contributed by atoms with van der Waals surface area (Å²) in [5.74, 6) is -1.88. The van der Waals surface area contributed by atoms with Crippen LogP contribution < -0.4 is 4.74 Å². The van der Waals surface area contributed by atoms with Crippen molar-refractivity contribution < 1.29 is 19.0 Å². The normalized spacial score (nSPS) is 10.1. The Labute approximate surface area is 106 Å². The third-order valence-electron chi connectivity index (χ3n) is 1.97. The molecule has 18 heavy (non-hydrogen) atoms. The molecular formula is C11H6ClFN2O3. The van der Waals surface area contributed by atoms with Crippen LogP contribution in [0.3, 0.4) is 0 Å². The number of halogens is 2. The molecule has 0 bridgehead atoms. The number of ether oxygens (including phenoxy) is 1. The standard InChI is InChI=1S/C11H6ClFN2O3/c12-7-5-6(1-2-8(7)13)18-10-9(11(16)17)14-3-4-15-10/h1-5H,(H,16,17). The molecule has 0 aliphatic carbocycles. The van der Waals surface area contributed by atoms with Gasteiger partial charge >= 0.3 is 5.97 Å². The summed E-state index contributed by atoms with van der Waals surface area (Å²) < 4.78 is 18.1. The van der Waals surface area contributed by atoms with Crippen molar-refractivity contribution in [1.29, 1.82) is 0 Å². The molecule has 5 nitrogen and oxygen atoms in total. The van der Waals surface area contributed by atoms with E-state index in [1.807, 2.05) is 0 Å². The summed E-state index contributed by atoms with van der Waals surface area (Å²) in [5, 5.41) is 8.74. The summed E-state index contributed by atoms with van der Waals surface area (Å²) in [7, 11) is 0. The molecule has 2 rings (SSSR count). The van der Waals surface area contributed by atoms with Crippen molar-refractivity contribution in [3.63, 3.8) is 0 Å². The van der Waals surface area contributed by atoms with E-state index in [9.17, 15) is 9.18 Å². The Morgan fingerprint density at radius 1 is 1.33 bits per heavy atom. The maximum Gasteiger partial charge on any atom is 0.360 e. The van der Waals surface area contributed by atoms with Crippen LogP contribution in [0.1, 0.15) is 10.5 Å². The third kappa shape index (κ3) is 2.54. The number of aromatic carboxylic acids is 1. The quantitative estimate of drug-likeness (QED) is 0.927. The van der Waals surface area contributed by atoms with Crippen LogP contribution in [0, 0.1) is 5.82 Å². The number of carboxylic acid groups (broad SMARTS) is 1. The van der Waals surface area contributed by atoms with Crippen LogP contribution in [-0.4, -0.2) is 21.0 Å². The number of carboxylic acids is 1. The SMILES string of the molecule is O=C(O)c1nccnc1Oc1ccc(F)c(Cl)c1. The summed E-state index contributed by atoms with van der Waals surface area (Å²) in [4.78, 5) is 18.2. The summed E-state index contributed by atoms with van der Waals surface area (Å²) in [6, 6.07) is 3.63. The van der Waals surface area contributed by atoms with E-state index in [0.29, 0.717) is 0 Å². The highest BCUT2D eigenvalue weighted by Gasteiger charge is 2.15. The molecular weight excluding hydrogens is 263 g/mol. The van der Waals surface area contributed by atoms with Crippen LogP contribution in [0.25, 0.3) is 0 Å². The first-order valence-corrected chi connectivity index (χ1v) is 5.13. The van der Waals surface area contributed by atoms with Crippen LogP contribution in [0.2, 0.25) is 5.02 Å². The molecule has 0 radical (unpaired) electrons. The Morgan fingerprint density at radius 3 is 2.72 bits per heavy atom. The smallest absolute Gasteiger partial charge is 0.360 e. The van der Waals surface area contributed by atoms with Crippen molar-refractivity contribution in [2.45, 2.75) is 0 Å². The van der Waals surface area contributed by atoms with Gasteiger partial charge in [0.1, 0.15) is 11.6 Å². The molecule has 92 valence electrons. The first kappa shape index (κ1) is 12.3. The number of nitrogens with zero attached hydrogens (tertiary/aromatic N) is 2. The molecule has 0 saturated heterocycles. The van der Waals surface area contributed by atoms with Crippen molar-refractivity contribution in [3.05, 3.63) is 47.1 Å². The van der Waals surface area contributed by atoms with Crippen molar-refractivity contribution in [3.8, 4) is 11.6 Å². The van der Waals surface area contributed by atoms with E-state index in [1.165, 1.54) is 24.5 Å². The predicted octanol–water partition coefficient (Wildman–Crippen LogP) is 2.76. The van der Waals surface area contributed by atoms with E-state index in [2.05, 4.69) is 9.97 Å². The summed E-state index contributed by atoms with van der Waals surface area (Å²) in [5.41, 5.74) is -0.335. The van der Waals surface area contributed by atoms with Gasteiger partial charge in [-0.25, -0.2) is 19.2 Å². The van der Waals surface area contributed by atoms with Crippen LogP contribution in [0.15, 0.2) is 30.6 Å². The summed E-state index contributed by atoms with van der Waals surface area (Å²) in [6.45, 7) is 0. The lowest BCUT2D eigenvalue weighted by atomic mass is 10.3. The lowest BCUT2D eigenvalue weighted by molar-refractivity contribution is 0.0686. The second kappa shape index (κ2) is 4.97. The fourth-order valence-electron chi connectivity index (χ4n) is 1.20. The maximum atomic E-state index is 12.9. The molecule has 1 aromatic heterocycles. The second-order valence-corrected chi connectivity index (χ2v) is 3.60. The molecule has 7 heteroatoms. The fraction of sp³-hybridized carbons (Fsp3) is 0. The van der Waals surface area contributed by atoms with Gasteiger partial charge < -0.3 is 9.84 Å². The molecule has 1 N–H and O–H groups in total. The average Bonchev–Trinajstić information content (AvgIpc) is 2.34. The lowest BCUT2D eigenvalue weighted by Crippen LogP contribution is -2.04. The van der Waals surface area contributed by atoms with Gasteiger partial charge in [0.05, 0.1) is 5.02 Å². The Kier molecular flexibility index (Phi) is 3.38. The minimum atomic E-state index is -1.27. The number of hydrogen-bond acceptors (Lipinski definition) is 4. The largest absolute Gasteiger partial charge is 0.476 e. The Morgan fingerprint density at radius 2 is 2.06 bits per heavy atom. The van der Waals surface area contributed by atoms with Crippen molar-refractivity contribution >= 4 is 17.6 Å². The molecule has 0 saturated carbocycles. The van der Waals surface area contributed by atoms with E-state index in [4.69, 9.17) is 21.4 Å². The number of carbonyl (C=O) groups is 1. The number of benzene rings is 1. The highest BCUT2D eigenvalue weighted by Crippen LogP contribution is 2.26. The molecule has 1 aromatic carbocycles. The number of aromatic nitrogens is 2. The third-order valence-corrected chi connectivity index (χ3v) is 2.26. The maximum absolute atomic E-state index is 12.9. The minimum Gasteiger partial charge on any atom is -0.476 e. The van der Waals surface area contributed by atoms with Gasteiger partial charge in [-0.15, -0.1) is 0 Å². The monoisotopic (exact) mass is 268 g/mol. The zero-order valence-electron chi connectivity index (χ0n) is 8.80. The predicted molar refractivity (Wildman–Crippen MR) is 60.5 cm³/mol. The van der Waals surface area contributed by atoms with Crippen LogP contribution >= 0.6 is 11.6 Å². The van der Waals surface area contributed by atoms with E-state index in [-0.39, 0.29) is 22.3 Å².